The number of methoxy groups -OCH3 is 2. The number of phenols is 2. The van der Waals surface area contributed by atoms with Crippen LogP contribution in [0.1, 0.15) is 33.4 Å². The van der Waals surface area contributed by atoms with E-state index in [1.54, 1.807) is 14.2 Å². The Morgan fingerprint density at radius 3 is 1.26 bits per heavy atom. The molecule has 0 aromatic heterocycles. The Morgan fingerprint density at radius 1 is 0.424 bits per heavy atom. The predicted octanol–water partition coefficient (Wildman–Crippen LogP) is 14.4. The predicted molar refractivity (Wildman–Crippen MR) is 271 cm³/mol. The standard InChI is InChI=1S/C60H44N2O4/c1-65-45-23-15-37(16-24-45)49-27-19-39-11-13-41-31-43(59(63)57(49)53(39)41)33-61-51-29-21-35-7-3-5-9-47(35)55(51)56-48-10-6-4-8-36(48)22-30-52(56)62-34-44-32-42-14-12-40-20-28-50(58(54(40)42)60(44)64)38-17-25-46(66-2)26-18-38/h3-10,15-34,63-64H,11-14H2,1-2H3. The number of hydrogen-bond donors (Lipinski definition) is 2. The van der Waals surface area contributed by atoms with Crippen LogP contribution >= 0.6 is 0 Å². The lowest BCUT2D eigenvalue weighted by Crippen LogP contribution is -1.93. The summed E-state index contributed by atoms with van der Waals surface area (Å²) in [7, 11) is 3.34. The number of phenolic OH excluding ortho intramolecular Hbond substituents is 2. The first-order valence-corrected chi connectivity index (χ1v) is 22.5. The summed E-state index contributed by atoms with van der Waals surface area (Å²) >= 11 is 0. The van der Waals surface area contributed by atoms with Crippen LogP contribution in [-0.2, 0) is 25.7 Å². The lowest BCUT2D eigenvalue weighted by Gasteiger charge is -2.17. The fourth-order valence-electron chi connectivity index (χ4n) is 10.6. The third-order valence-electron chi connectivity index (χ3n) is 13.8. The van der Waals surface area contributed by atoms with Crippen LogP contribution in [0.15, 0.2) is 168 Å². The van der Waals surface area contributed by atoms with E-state index in [-0.39, 0.29) is 11.5 Å². The highest BCUT2D eigenvalue weighted by Gasteiger charge is 2.25. The molecule has 6 heteroatoms. The smallest absolute Gasteiger partial charge is 0.132 e. The van der Waals surface area contributed by atoms with E-state index >= 15 is 0 Å². The van der Waals surface area contributed by atoms with E-state index in [0.717, 1.165) is 125 Å². The van der Waals surface area contributed by atoms with Gasteiger partial charge in [-0.1, -0.05) is 109 Å². The minimum Gasteiger partial charge on any atom is -0.507 e. The number of hydrogen-bond acceptors (Lipinski definition) is 6. The summed E-state index contributed by atoms with van der Waals surface area (Å²) < 4.78 is 10.9. The molecule has 0 fully saturated rings. The summed E-state index contributed by atoms with van der Waals surface area (Å²) in [5.41, 5.74) is 13.6. The molecule has 12 rings (SSSR count). The first kappa shape index (κ1) is 39.4. The summed E-state index contributed by atoms with van der Waals surface area (Å²) in [6.45, 7) is 0. The zero-order chi connectivity index (χ0) is 44.5. The second-order valence-electron chi connectivity index (χ2n) is 17.3. The molecule has 0 saturated carbocycles. The maximum Gasteiger partial charge on any atom is 0.132 e. The molecule has 0 bridgehead atoms. The summed E-state index contributed by atoms with van der Waals surface area (Å²) in [5, 5.41) is 32.7. The van der Waals surface area contributed by atoms with Crippen LogP contribution < -0.4 is 9.47 Å². The number of aryl methyl sites for hydroxylation is 4. The van der Waals surface area contributed by atoms with Crippen molar-refractivity contribution >= 4 is 66.9 Å². The molecule has 0 unspecified atom stereocenters. The highest BCUT2D eigenvalue weighted by atomic mass is 16.5. The fraction of sp³-hybridized carbons (Fsp3) is 0.100. The van der Waals surface area contributed by atoms with Crippen LogP contribution in [0.5, 0.6) is 23.0 Å². The summed E-state index contributed by atoms with van der Waals surface area (Å²) in [6, 6.07) is 54.0. The van der Waals surface area contributed by atoms with Crippen molar-refractivity contribution in [1.29, 1.82) is 0 Å². The molecule has 10 aromatic carbocycles. The van der Waals surface area contributed by atoms with Gasteiger partial charge < -0.3 is 19.7 Å². The zero-order valence-corrected chi connectivity index (χ0v) is 36.6. The fourth-order valence-corrected chi connectivity index (χ4v) is 10.6. The maximum absolute atomic E-state index is 12.2. The van der Waals surface area contributed by atoms with Gasteiger partial charge >= 0.3 is 0 Å². The Kier molecular flexibility index (Phi) is 9.42. The quantitative estimate of drug-likeness (QED) is 0.142. The van der Waals surface area contributed by atoms with E-state index in [2.05, 4.69) is 109 Å². The van der Waals surface area contributed by atoms with Crippen molar-refractivity contribution < 1.29 is 19.7 Å². The number of aromatic hydroxyl groups is 2. The van der Waals surface area contributed by atoms with Crippen molar-refractivity contribution in [2.45, 2.75) is 25.7 Å². The van der Waals surface area contributed by atoms with Crippen molar-refractivity contribution in [2.24, 2.45) is 9.98 Å². The zero-order valence-electron chi connectivity index (χ0n) is 36.6. The molecule has 0 spiro atoms. The van der Waals surface area contributed by atoms with Gasteiger partial charge in [-0.2, -0.15) is 0 Å². The van der Waals surface area contributed by atoms with Crippen molar-refractivity contribution in [3.05, 3.63) is 191 Å². The Bertz CT molecular complexity index is 3440. The molecule has 2 N–H and O–H groups in total. The Morgan fingerprint density at radius 2 is 0.833 bits per heavy atom. The molecule has 2 aliphatic carbocycles. The molecular weight excluding hydrogens is 813 g/mol. The normalized spacial score (nSPS) is 13.1. The monoisotopic (exact) mass is 856 g/mol. The third kappa shape index (κ3) is 6.40. The number of nitrogens with zero attached hydrogens (tertiary/aromatic N) is 2. The molecule has 318 valence electrons. The minimum atomic E-state index is 0.214. The number of benzene rings is 10. The van der Waals surface area contributed by atoms with Gasteiger partial charge in [-0.25, -0.2) is 0 Å². The molecule has 10 aromatic rings. The average molecular weight is 857 g/mol. The van der Waals surface area contributed by atoms with E-state index in [9.17, 15) is 10.2 Å². The molecule has 0 heterocycles. The van der Waals surface area contributed by atoms with E-state index in [1.165, 1.54) is 22.3 Å². The minimum absolute atomic E-state index is 0.214. The lowest BCUT2D eigenvalue weighted by atomic mass is 9.91. The molecule has 2 aliphatic rings. The molecule has 6 nitrogen and oxygen atoms in total. The van der Waals surface area contributed by atoms with Gasteiger partial charge in [0.1, 0.15) is 23.0 Å². The van der Waals surface area contributed by atoms with Gasteiger partial charge in [0.2, 0.25) is 0 Å². The Hall–Kier alpha value is -8.22. The van der Waals surface area contributed by atoms with Gasteiger partial charge in [0.25, 0.3) is 0 Å². The lowest BCUT2D eigenvalue weighted by molar-refractivity contribution is 0.415. The molecule has 0 atom stereocenters. The Labute approximate surface area is 382 Å². The SMILES string of the molecule is COc1ccc(-c2ccc3c4c(cc(C=Nc5ccc6ccccc6c5-c5c(N=Cc6cc7c8c(ccc(-c9ccc(OC)cc9)c8c6O)CC7)ccc6ccccc56)c(O)c24)CC3)cc1. The topological polar surface area (TPSA) is 83.6 Å². The van der Waals surface area contributed by atoms with Crippen LogP contribution in [0.3, 0.4) is 0 Å². The van der Waals surface area contributed by atoms with E-state index < -0.39 is 0 Å². The van der Waals surface area contributed by atoms with Crippen molar-refractivity contribution in [1.82, 2.24) is 0 Å². The molecule has 0 saturated heterocycles. The second kappa shape index (κ2) is 15.8. The molecular formula is C60H44N2O4. The van der Waals surface area contributed by atoms with E-state index in [4.69, 9.17) is 19.5 Å². The van der Waals surface area contributed by atoms with Gasteiger partial charge in [0.05, 0.1) is 25.6 Å². The summed E-state index contributed by atoms with van der Waals surface area (Å²) in [5.74, 6) is 2.00. The number of ether oxygens (including phenoxy) is 2. The van der Waals surface area contributed by atoms with Crippen LogP contribution in [0.25, 0.3) is 76.5 Å². The van der Waals surface area contributed by atoms with E-state index in [0.29, 0.717) is 11.1 Å². The van der Waals surface area contributed by atoms with Gasteiger partial charge in [-0.05, 0) is 151 Å². The molecule has 0 radical (unpaired) electrons. The third-order valence-corrected chi connectivity index (χ3v) is 13.8. The first-order valence-electron chi connectivity index (χ1n) is 22.5. The number of rotatable bonds is 9. The van der Waals surface area contributed by atoms with Crippen LogP contribution in [-0.4, -0.2) is 36.9 Å². The molecule has 0 amide bonds. The van der Waals surface area contributed by atoms with Gasteiger partial charge in [-0.15, -0.1) is 0 Å². The van der Waals surface area contributed by atoms with Gasteiger partial charge in [-0.3, -0.25) is 9.98 Å². The summed E-state index contributed by atoms with van der Waals surface area (Å²) in [4.78, 5) is 10.6. The van der Waals surface area contributed by atoms with E-state index in [1.807, 2.05) is 61.0 Å². The van der Waals surface area contributed by atoms with Gasteiger partial charge in [0.15, 0.2) is 0 Å². The number of aliphatic imine (C=N–C) groups is 2. The van der Waals surface area contributed by atoms with Crippen LogP contribution in [0.4, 0.5) is 11.4 Å². The highest BCUT2D eigenvalue weighted by molar-refractivity contribution is 6.15. The largest absolute Gasteiger partial charge is 0.507 e. The Balaban J connectivity index is 1.02. The summed E-state index contributed by atoms with van der Waals surface area (Å²) in [6.07, 6.45) is 7.29. The van der Waals surface area contributed by atoms with Crippen molar-refractivity contribution in [3.63, 3.8) is 0 Å². The second-order valence-corrected chi connectivity index (χ2v) is 17.3. The maximum atomic E-state index is 12.2. The first-order chi connectivity index (χ1) is 32.4. The van der Waals surface area contributed by atoms with Gasteiger partial charge in [0, 0.05) is 45.5 Å². The highest BCUT2D eigenvalue weighted by Crippen LogP contribution is 2.48. The van der Waals surface area contributed by atoms with Crippen molar-refractivity contribution in [3.8, 4) is 56.4 Å². The van der Waals surface area contributed by atoms with Crippen molar-refractivity contribution in [2.75, 3.05) is 14.2 Å². The average Bonchev–Trinajstić information content (AvgIpc) is 3.99. The molecule has 66 heavy (non-hydrogen) atoms. The number of fused-ring (bicyclic) bond motifs is 2. The molecule has 0 aliphatic heterocycles. The van der Waals surface area contributed by atoms with Crippen LogP contribution in [0.2, 0.25) is 0 Å². The van der Waals surface area contributed by atoms with Crippen LogP contribution in [0, 0.1) is 0 Å².